The standard InChI is InChI=1S/C20H23N3O2/c1-14(15-10-12-21-13-11-15)22-20(25)17-8-9-18(24)23(2)19(17)16-6-4-3-5-7-16/h3-7,10-14,17,19H,8-9H2,1-2H3,(H,22,25)/t14-,17+,19+/m0/s1. The monoisotopic (exact) mass is 337 g/mol. The lowest BCUT2D eigenvalue weighted by atomic mass is 9.83. The lowest BCUT2D eigenvalue weighted by molar-refractivity contribution is -0.141. The maximum Gasteiger partial charge on any atom is 0.226 e. The van der Waals surface area contributed by atoms with E-state index in [9.17, 15) is 9.59 Å². The van der Waals surface area contributed by atoms with Gasteiger partial charge in [0.05, 0.1) is 18.0 Å². The smallest absolute Gasteiger partial charge is 0.226 e. The number of benzene rings is 1. The van der Waals surface area contributed by atoms with Gasteiger partial charge >= 0.3 is 0 Å². The van der Waals surface area contributed by atoms with Crippen molar-refractivity contribution in [1.82, 2.24) is 15.2 Å². The van der Waals surface area contributed by atoms with Crippen molar-refractivity contribution in [3.8, 4) is 0 Å². The highest BCUT2D eigenvalue weighted by atomic mass is 16.2. The van der Waals surface area contributed by atoms with Crippen LogP contribution in [-0.2, 0) is 9.59 Å². The number of nitrogens with one attached hydrogen (secondary N) is 1. The third kappa shape index (κ3) is 3.71. The Balaban J connectivity index is 1.80. The highest BCUT2D eigenvalue weighted by Gasteiger charge is 2.39. The first-order chi connectivity index (χ1) is 12.1. The van der Waals surface area contributed by atoms with Gasteiger partial charge in [-0.25, -0.2) is 0 Å². The van der Waals surface area contributed by atoms with Crippen molar-refractivity contribution in [1.29, 1.82) is 0 Å². The van der Waals surface area contributed by atoms with Gasteiger partial charge in [0.15, 0.2) is 0 Å². The van der Waals surface area contributed by atoms with Crippen molar-refractivity contribution in [3.63, 3.8) is 0 Å². The Hall–Kier alpha value is -2.69. The maximum absolute atomic E-state index is 13.0. The molecule has 5 heteroatoms. The molecule has 25 heavy (non-hydrogen) atoms. The van der Waals surface area contributed by atoms with E-state index in [-0.39, 0.29) is 29.8 Å². The van der Waals surface area contributed by atoms with Crippen LogP contribution in [-0.4, -0.2) is 28.7 Å². The number of piperidine rings is 1. The fraction of sp³-hybridized carbons (Fsp3) is 0.350. The quantitative estimate of drug-likeness (QED) is 0.933. The normalized spacial score (nSPS) is 21.7. The summed E-state index contributed by atoms with van der Waals surface area (Å²) in [6, 6.07) is 13.2. The first-order valence-electron chi connectivity index (χ1n) is 8.59. The molecule has 2 aromatic rings. The van der Waals surface area contributed by atoms with Crippen LogP contribution < -0.4 is 5.32 Å². The summed E-state index contributed by atoms with van der Waals surface area (Å²) in [6.07, 6.45) is 4.41. The minimum atomic E-state index is -0.255. The van der Waals surface area contributed by atoms with Crippen LogP contribution in [0.15, 0.2) is 54.9 Å². The predicted octanol–water partition coefficient (Wildman–Crippen LogP) is 2.87. The van der Waals surface area contributed by atoms with E-state index in [4.69, 9.17) is 0 Å². The number of amides is 2. The number of likely N-dealkylation sites (tertiary alicyclic amines) is 1. The molecule has 1 N–H and O–H groups in total. The van der Waals surface area contributed by atoms with E-state index in [1.165, 1.54) is 0 Å². The molecule has 1 aliphatic rings. The third-order valence-corrected chi connectivity index (χ3v) is 4.90. The zero-order valence-corrected chi connectivity index (χ0v) is 14.6. The molecule has 1 aromatic heterocycles. The van der Waals surface area contributed by atoms with Crippen LogP contribution in [0.3, 0.4) is 0 Å². The molecule has 1 fully saturated rings. The SMILES string of the molecule is C[C@H](NC(=O)[C@@H]1CCC(=O)N(C)[C@@H]1c1ccccc1)c1ccncc1. The Labute approximate surface area is 148 Å². The predicted molar refractivity (Wildman–Crippen MR) is 95.5 cm³/mol. The Kier molecular flexibility index (Phi) is 5.12. The molecule has 1 aromatic carbocycles. The largest absolute Gasteiger partial charge is 0.349 e. The topological polar surface area (TPSA) is 62.3 Å². The molecular weight excluding hydrogens is 314 g/mol. The van der Waals surface area contributed by atoms with Gasteiger partial charge in [-0.05, 0) is 36.6 Å². The summed E-state index contributed by atoms with van der Waals surface area (Å²) in [5.41, 5.74) is 2.01. The van der Waals surface area contributed by atoms with E-state index < -0.39 is 0 Å². The van der Waals surface area contributed by atoms with Crippen molar-refractivity contribution >= 4 is 11.8 Å². The third-order valence-electron chi connectivity index (χ3n) is 4.90. The molecule has 3 atom stereocenters. The van der Waals surface area contributed by atoms with Crippen molar-refractivity contribution in [3.05, 3.63) is 66.0 Å². The molecule has 1 saturated heterocycles. The van der Waals surface area contributed by atoms with Crippen LogP contribution in [0.2, 0.25) is 0 Å². The molecule has 0 aliphatic carbocycles. The number of carbonyl (C=O) groups is 2. The minimum absolute atomic E-state index is 0.0162. The van der Waals surface area contributed by atoms with Crippen LogP contribution in [0.1, 0.15) is 43.0 Å². The number of pyridine rings is 1. The number of nitrogens with zero attached hydrogens (tertiary/aromatic N) is 2. The van der Waals surface area contributed by atoms with Gasteiger partial charge in [0, 0.05) is 25.9 Å². The molecule has 5 nitrogen and oxygen atoms in total. The lowest BCUT2D eigenvalue weighted by Crippen LogP contribution is -2.46. The van der Waals surface area contributed by atoms with Gasteiger partial charge in [-0.2, -0.15) is 0 Å². The van der Waals surface area contributed by atoms with Crippen LogP contribution in [0.25, 0.3) is 0 Å². The molecule has 0 saturated carbocycles. The molecule has 0 spiro atoms. The summed E-state index contributed by atoms with van der Waals surface area (Å²) in [4.78, 5) is 30.8. The number of aromatic nitrogens is 1. The van der Waals surface area contributed by atoms with Gasteiger partial charge < -0.3 is 10.2 Å². The average Bonchev–Trinajstić information content (AvgIpc) is 2.65. The molecule has 2 heterocycles. The van der Waals surface area contributed by atoms with E-state index in [0.717, 1.165) is 11.1 Å². The summed E-state index contributed by atoms with van der Waals surface area (Å²) in [5.74, 6) is -0.188. The number of hydrogen-bond donors (Lipinski definition) is 1. The first-order valence-corrected chi connectivity index (χ1v) is 8.59. The molecular formula is C20H23N3O2. The van der Waals surface area contributed by atoms with Gasteiger partial charge in [0.2, 0.25) is 11.8 Å². The van der Waals surface area contributed by atoms with Gasteiger partial charge in [-0.3, -0.25) is 14.6 Å². The van der Waals surface area contributed by atoms with Crippen LogP contribution >= 0.6 is 0 Å². The second-order valence-corrected chi connectivity index (χ2v) is 6.52. The minimum Gasteiger partial charge on any atom is -0.349 e. The summed E-state index contributed by atoms with van der Waals surface area (Å²) >= 11 is 0. The number of hydrogen-bond acceptors (Lipinski definition) is 3. The second kappa shape index (κ2) is 7.47. The van der Waals surface area contributed by atoms with Crippen LogP contribution in [0.5, 0.6) is 0 Å². The Morgan fingerprint density at radius 1 is 1.20 bits per heavy atom. The molecule has 0 bridgehead atoms. The van der Waals surface area contributed by atoms with Crippen LogP contribution in [0.4, 0.5) is 0 Å². The zero-order valence-electron chi connectivity index (χ0n) is 14.6. The number of carbonyl (C=O) groups excluding carboxylic acids is 2. The van der Waals surface area contributed by atoms with Gasteiger partial charge in [0.1, 0.15) is 0 Å². The lowest BCUT2D eigenvalue weighted by Gasteiger charge is -2.39. The van der Waals surface area contributed by atoms with E-state index in [1.54, 1.807) is 24.3 Å². The number of rotatable bonds is 4. The summed E-state index contributed by atoms with van der Waals surface area (Å²) in [5, 5.41) is 3.10. The molecule has 0 radical (unpaired) electrons. The Morgan fingerprint density at radius 2 is 1.88 bits per heavy atom. The van der Waals surface area contributed by atoms with E-state index in [0.29, 0.717) is 12.8 Å². The van der Waals surface area contributed by atoms with Crippen molar-refractivity contribution in [2.45, 2.75) is 31.8 Å². The fourth-order valence-corrected chi connectivity index (χ4v) is 3.47. The molecule has 0 unspecified atom stereocenters. The van der Waals surface area contributed by atoms with Crippen LogP contribution in [0, 0.1) is 5.92 Å². The van der Waals surface area contributed by atoms with E-state index in [1.807, 2.05) is 49.4 Å². The molecule has 1 aliphatic heterocycles. The second-order valence-electron chi connectivity index (χ2n) is 6.52. The van der Waals surface area contributed by atoms with E-state index >= 15 is 0 Å². The van der Waals surface area contributed by atoms with Gasteiger partial charge in [-0.1, -0.05) is 30.3 Å². The Morgan fingerprint density at radius 3 is 2.56 bits per heavy atom. The molecule has 130 valence electrons. The highest BCUT2D eigenvalue weighted by Crippen LogP contribution is 2.36. The van der Waals surface area contributed by atoms with Crippen molar-refractivity contribution in [2.75, 3.05) is 7.05 Å². The van der Waals surface area contributed by atoms with Crippen molar-refractivity contribution < 1.29 is 9.59 Å². The molecule has 3 rings (SSSR count). The average molecular weight is 337 g/mol. The van der Waals surface area contributed by atoms with Gasteiger partial charge in [-0.15, -0.1) is 0 Å². The van der Waals surface area contributed by atoms with Gasteiger partial charge in [0.25, 0.3) is 0 Å². The summed E-state index contributed by atoms with van der Waals surface area (Å²) in [7, 11) is 1.78. The summed E-state index contributed by atoms with van der Waals surface area (Å²) in [6.45, 7) is 1.96. The highest BCUT2D eigenvalue weighted by molar-refractivity contribution is 5.85. The molecule has 2 amide bonds. The maximum atomic E-state index is 13.0. The fourth-order valence-electron chi connectivity index (χ4n) is 3.47. The first kappa shape index (κ1) is 17.1. The Bertz CT molecular complexity index is 733. The van der Waals surface area contributed by atoms with E-state index in [2.05, 4.69) is 10.3 Å². The van der Waals surface area contributed by atoms with Crippen molar-refractivity contribution in [2.24, 2.45) is 5.92 Å². The summed E-state index contributed by atoms with van der Waals surface area (Å²) < 4.78 is 0. The zero-order chi connectivity index (χ0) is 17.8.